The minimum absolute atomic E-state index is 0.577. The third-order valence-corrected chi connectivity index (χ3v) is 19.3. The molecule has 11 aromatic rings. The van der Waals surface area contributed by atoms with Crippen LogP contribution in [0.2, 0.25) is 0 Å². The minimum atomic E-state index is -1.23. The first-order valence-electron chi connectivity index (χ1n) is 21.1. The number of hydrogen-bond donors (Lipinski definition) is 0. The van der Waals surface area contributed by atoms with Crippen LogP contribution >= 0.6 is 0 Å². The van der Waals surface area contributed by atoms with Crippen LogP contribution in [0.5, 0.6) is 0 Å². The van der Waals surface area contributed by atoms with Crippen molar-refractivity contribution in [3.8, 4) is 66.8 Å². The number of rotatable bonds is 5. The average molecular weight is 882 g/mol. The number of hydrogen-bond acceptors (Lipinski definition) is 0. The maximum absolute atomic E-state index is 2.53. The van der Waals surface area contributed by atoms with Crippen LogP contribution in [0.3, 0.4) is 0 Å². The van der Waals surface area contributed by atoms with Crippen LogP contribution in [0.1, 0.15) is 0 Å². The van der Waals surface area contributed by atoms with Gasteiger partial charge in [-0.15, -0.1) is 0 Å². The summed E-state index contributed by atoms with van der Waals surface area (Å²) in [6.45, 7) is 0. The van der Waals surface area contributed by atoms with Crippen LogP contribution in [0.25, 0.3) is 110 Å². The predicted molar refractivity (Wildman–Crippen MR) is 266 cm³/mol. The molecule has 0 N–H and O–H groups in total. The van der Waals surface area contributed by atoms with E-state index in [1.807, 2.05) is 0 Å². The Morgan fingerprint density at radius 1 is 0.267 bits per heavy atom. The molecule has 280 valence electrons. The topological polar surface area (TPSA) is 0 Å². The summed E-state index contributed by atoms with van der Waals surface area (Å²) in [7, 11) is 0. The molecule has 12 rings (SSSR count). The van der Waals surface area contributed by atoms with Gasteiger partial charge in [0.2, 0.25) is 0 Å². The van der Waals surface area contributed by atoms with Crippen molar-refractivity contribution in [1.82, 2.24) is 0 Å². The van der Waals surface area contributed by atoms with E-state index in [4.69, 9.17) is 0 Å². The first-order valence-corrected chi connectivity index (χ1v) is 26.1. The van der Waals surface area contributed by atoms with Gasteiger partial charge in [0.1, 0.15) is 0 Å². The molecule has 11 aromatic carbocycles. The Labute approximate surface area is 364 Å². The van der Waals surface area contributed by atoms with E-state index < -0.39 is 15.4 Å². The van der Waals surface area contributed by atoms with Crippen molar-refractivity contribution in [2.45, 2.75) is 0 Å². The second-order valence-electron chi connectivity index (χ2n) is 16.3. The van der Waals surface area contributed by atoms with Crippen molar-refractivity contribution >= 4 is 88.2 Å². The Morgan fingerprint density at radius 2 is 0.683 bits per heavy atom. The van der Waals surface area contributed by atoms with E-state index in [0.717, 1.165) is 0 Å². The van der Waals surface area contributed by atoms with Gasteiger partial charge in [-0.1, -0.05) is 18.2 Å². The second kappa shape index (κ2) is 14.4. The number of benzene rings is 11. The average Bonchev–Trinajstić information content (AvgIpc) is 3.69. The molecule has 0 nitrogen and oxygen atoms in total. The molecule has 0 unspecified atom stereocenters. The Bertz CT molecular complexity index is 3470. The van der Waals surface area contributed by atoms with Gasteiger partial charge in [-0.05, 0) is 0 Å². The fraction of sp³-hybridized carbons (Fsp3) is 0. The molecule has 0 spiro atoms. The first-order chi connectivity index (χ1) is 29.7. The van der Waals surface area contributed by atoms with Gasteiger partial charge in [-0.2, -0.15) is 0 Å². The van der Waals surface area contributed by atoms with Crippen molar-refractivity contribution < 1.29 is 0 Å². The normalized spacial score (nSPS) is 12.5. The van der Waals surface area contributed by atoms with Gasteiger partial charge >= 0.3 is 349 Å². The Kier molecular flexibility index (Phi) is 8.50. The molecule has 60 heavy (non-hydrogen) atoms. The number of fused-ring (bicyclic) bond motifs is 7. The van der Waals surface area contributed by atoms with Gasteiger partial charge < -0.3 is 0 Å². The predicted octanol–water partition coefficient (Wildman–Crippen LogP) is 11.7. The van der Waals surface area contributed by atoms with Crippen molar-refractivity contribution in [1.29, 1.82) is 0 Å². The van der Waals surface area contributed by atoms with Crippen molar-refractivity contribution in [2.24, 2.45) is 0 Å². The summed E-state index contributed by atoms with van der Waals surface area (Å²) in [5.41, 5.74) is 15.9. The molecule has 2 heteroatoms. The molecule has 0 saturated carbocycles. The summed E-state index contributed by atoms with van der Waals surface area (Å²) in [5.74, 6) is 0. The van der Waals surface area contributed by atoms with Crippen molar-refractivity contribution in [3.63, 3.8) is 0 Å². The van der Waals surface area contributed by atoms with Gasteiger partial charge in [-0.25, -0.2) is 0 Å². The first kappa shape index (κ1) is 35.5. The van der Waals surface area contributed by atoms with Gasteiger partial charge in [0.25, 0.3) is 0 Å². The summed E-state index contributed by atoms with van der Waals surface area (Å²) in [5, 5.41) is 10.3. The molecule has 0 aliphatic carbocycles. The van der Waals surface area contributed by atoms with Gasteiger partial charge in [-0.3, -0.25) is 0 Å². The third-order valence-electron chi connectivity index (χ3n) is 13.1. The Morgan fingerprint density at radius 3 is 1.37 bits per heavy atom. The molecule has 0 aromatic heterocycles. The van der Waals surface area contributed by atoms with Gasteiger partial charge in [0.15, 0.2) is 0 Å². The van der Waals surface area contributed by atoms with Crippen molar-refractivity contribution in [2.75, 3.05) is 0 Å². The Hall–Kier alpha value is -6.45. The van der Waals surface area contributed by atoms with E-state index in [0.29, 0.717) is 16.5 Å². The fourth-order valence-corrected chi connectivity index (χ4v) is 16.2. The molecular formula is C58H40Ge2. The molecule has 1 aliphatic heterocycles. The zero-order valence-electron chi connectivity index (χ0n) is 33.4. The molecule has 1 aliphatic rings. The summed E-state index contributed by atoms with van der Waals surface area (Å²) < 4.78 is 4.67. The van der Waals surface area contributed by atoms with Crippen LogP contribution in [-0.2, 0) is 0 Å². The van der Waals surface area contributed by atoms with E-state index in [1.54, 1.807) is 8.79 Å². The molecule has 0 fully saturated rings. The molecular weight excluding hydrogens is 842 g/mol. The molecule has 0 atom stereocenters. The standard InChI is InChI=1S/C58H40Ge2/c59-53-32-10-8-20-40(53)38-19-12-18-37(34-38)39-26-13-28-47-51(39)35-52-41(49-30-15-31-50-42-21-9-11-33-54(42)60-58(49)50)27-14-29-48(52)57(47)56-45-24-6-4-22-43(45)55(36-16-2-1-3-17-36)44-23-5-7-25-46(44)56/h1-35H,60H2,59H3. The molecule has 0 bridgehead atoms. The third kappa shape index (κ3) is 5.59. The monoisotopic (exact) mass is 884 g/mol. The zero-order chi connectivity index (χ0) is 39.7. The second-order valence-corrected chi connectivity index (χ2v) is 22.4. The fourth-order valence-electron chi connectivity index (χ4n) is 10.4. The van der Waals surface area contributed by atoms with Crippen LogP contribution in [0.15, 0.2) is 212 Å². The molecule has 1 heterocycles. The van der Waals surface area contributed by atoms with Crippen LogP contribution in [-0.4, -0.2) is 31.9 Å². The van der Waals surface area contributed by atoms with Crippen LogP contribution < -0.4 is 13.2 Å². The summed E-state index contributed by atoms with van der Waals surface area (Å²) in [6.07, 6.45) is 0. The van der Waals surface area contributed by atoms with E-state index in [9.17, 15) is 0 Å². The summed E-state index contributed by atoms with van der Waals surface area (Å²) in [4.78, 5) is 0. The summed E-state index contributed by atoms with van der Waals surface area (Å²) in [6, 6.07) is 80.2. The summed E-state index contributed by atoms with van der Waals surface area (Å²) >= 11 is -0.651. The van der Waals surface area contributed by atoms with E-state index in [2.05, 4.69) is 212 Å². The van der Waals surface area contributed by atoms with Crippen LogP contribution in [0, 0.1) is 0 Å². The molecule has 0 radical (unpaired) electrons. The molecule has 0 amide bonds. The van der Waals surface area contributed by atoms with Crippen molar-refractivity contribution in [3.05, 3.63) is 212 Å². The van der Waals surface area contributed by atoms with Crippen LogP contribution in [0.4, 0.5) is 0 Å². The van der Waals surface area contributed by atoms with E-state index in [-0.39, 0.29) is 0 Å². The van der Waals surface area contributed by atoms with E-state index >= 15 is 0 Å². The Balaban J connectivity index is 1.22. The maximum atomic E-state index is 2.53. The van der Waals surface area contributed by atoms with Gasteiger partial charge in [0, 0.05) is 0 Å². The molecule has 0 saturated heterocycles. The quantitative estimate of drug-likeness (QED) is 0.119. The van der Waals surface area contributed by atoms with Gasteiger partial charge in [0.05, 0.1) is 0 Å². The SMILES string of the molecule is [GeH3][c]1ccccc1-c1cccc(-c2cccc3c(-c4c5ccccc5c(-c5ccccc5)c5ccccc45)c4cccc(-c5cccc6[c]5[GeH2][c]5ccccc5-6)c4cc23)c1. The zero-order valence-corrected chi connectivity index (χ0v) is 40.6. The van der Waals surface area contributed by atoms with E-state index in [1.165, 1.54) is 114 Å².